The minimum atomic E-state index is 0. The Labute approximate surface area is 128 Å². The molecule has 0 aliphatic rings. The zero-order valence-corrected chi connectivity index (χ0v) is 18.3. The van der Waals surface area contributed by atoms with Gasteiger partial charge in [0.15, 0.2) is 17.4 Å². The second kappa shape index (κ2) is 35.3. The monoisotopic (exact) mass is 511 g/mol. The van der Waals surface area contributed by atoms with Gasteiger partial charge in [-0.05, 0) is 0 Å². The molecule has 0 nitrogen and oxygen atoms in total. The summed E-state index contributed by atoms with van der Waals surface area (Å²) in [6.45, 7) is 0. The Balaban J connectivity index is 0. The molecule has 0 bridgehead atoms. The molecule has 0 aliphatic carbocycles. The Morgan fingerprint density at radius 1 is 1.17 bits per heavy atom. The van der Waals surface area contributed by atoms with E-state index in [4.69, 9.17) is 0 Å². The van der Waals surface area contributed by atoms with Gasteiger partial charge in [0.1, 0.15) is 0 Å². The van der Waals surface area contributed by atoms with Crippen LogP contribution in [-0.2, 0) is 36.5 Å². The van der Waals surface area contributed by atoms with E-state index in [1.165, 1.54) is 0 Å². The van der Waals surface area contributed by atoms with Gasteiger partial charge >= 0.3 is 73.7 Å². The quantitative estimate of drug-likeness (QED) is 0.293. The fourth-order valence-corrected chi connectivity index (χ4v) is 0. The first kappa shape index (κ1) is 49.4. The molecule has 0 aromatic carbocycles. The zero-order valence-electron chi connectivity index (χ0n) is 5.21. The first-order valence-corrected chi connectivity index (χ1v) is 0. The van der Waals surface area contributed by atoms with Gasteiger partial charge in [0.05, 0.1) is 0 Å². The second-order valence-corrected chi connectivity index (χ2v) is 0. The van der Waals surface area contributed by atoms with Crippen molar-refractivity contribution in [3.8, 4) is 0 Å². The minimum absolute atomic E-state index is 0. The average molecular weight is 513 g/mol. The second-order valence-electron chi connectivity index (χ2n) is 0. The van der Waals surface area contributed by atoms with Crippen LogP contribution in [0.15, 0.2) is 0 Å². The van der Waals surface area contributed by atoms with Crippen molar-refractivity contribution in [2.24, 2.45) is 0 Å². The largest absolute Gasteiger partial charge is 0 e. The molecule has 6 heteroatoms. The van der Waals surface area contributed by atoms with Gasteiger partial charge < -0.3 is 2.85 Å². The van der Waals surface area contributed by atoms with Crippen LogP contribution in [0.25, 0.3) is 0 Å². The van der Waals surface area contributed by atoms with Gasteiger partial charge in [-0.25, -0.2) is 0 Å². The summed E-state index contributed by atoms with van der Waals surface area (Å²) >= 11 is 0. The van der Waals surface area contributed by atoms with E-state index < -0.39 is 0 Å². The number of hydrogen-bond donors (Lipinski definition) is 0. The molecular formula is H11AlBiMgMnSbZn. The maximum Gasteiger partial charge on any atom is 0 e. The molecule has 6 heavy (non-hydrogen) atoms. The van der Waals surface area contributed by atoms with E-state index in [0.717, 1.165) is 0 Å². The van der Waals surface area contributed by atoms with Crippen LogP contribution >= 0.6 is 0 Å². The molecule has 35 valence electrons. The summed E-state index contributed by atoms with van der Waals surface area (Å²) in [4.78, 5) is 0. The molecule has 1 radical (unpaired) electrons. The molecule has 0 spiro atoms. The van der Waals surface area contributed by atoms with E-state index >= 15 is 0 Å². The molecule has 0 heterocycles. The number of hydrogen-bond acceptors (Lipinski definition) is 0. The van der Waals surface area contributed by atoms with Crippen LogP contribution in [0.4, 0.5) is 0 Å². The van der Waals surface area contributed by atoms with Crippen molar-refractivity contribution in [3.63, 3.8) is 0 Å². The van der Waals surface area contributed by atoms with Crippen molar-refractivity contribution in [2.75, 3.05) is 0 Å². The Morgan fingerprint density at radius 2 is 1.17 bits per heavy atom. The summed E-state index contributed by atoms with van der Waals surface area (Å²) < 4.78 is 0. The van der Waals surface area contributed by atoms with Crippen LogP contribution in [0.1, 0.15) is 2.85 Å². The predicted octanol–water partition coefficient (Wildman–Crippen LogP) is -3.71. The molecule has 0 fully saturated rings. The van der Waals surface area contributed by atoms with Crippen molar-refractivity contribution >= 4 is 91.0 Å². The first-order chi connectivity index (χ1) is 0. The molecular weight excluding hydrogens is 502 g/mol. The fraction of sp³-hybridized carbons (Fsp3) is 0. The molecule has 0 aliphatic heterocycles. The standard InChI is InChI=1S/Al.Bi.Mg.Mn.Sb.Zn.11H/q;;+2;;;;;;;;;;;;;2*-1. The van der Waals surface area contributed by atoms with E-state index in [2.05, 4.69) is 0 Å². The smallest absolute Gasteiger partial charge is 0 e. The summed E-state index contributed by atoms with van der Waals surface area (Å²) in [6, 6.07) is 0. The van der Waals surface area contributed by atoms with Gasteiger partial charge in [0, 0.05) is 36.5 Å². The molecule has 0 unspecified atom stereocenters. The third-order valence-electron chi connectivity index (χ3n) is 0. The van der Waals surface area contributed by atoms with Crippen molar-refractivity contribution in [1.29, 1.82) is 0 Å². The summed E-state index contributed by atoms with van der Waals surface area (Å²) in [5, 5.41) is 0. The van der Waals surface area contributed by atoms with Gasteiger partial charge in [-0.3, -0.25) is 0 Å². The van der Waals surface area contributed by atoms with Gasteiger partial charge in [-0.15, -0.1) is 0 Å². The van der Waals surface area contributed by atoms with Crippen LogP contribution in [0.5, 0.6) is 0 Å². The minimum Gasteiger partial charge on any atom is 0 e. The van der Waals surface area contributed by atoms with Crippen LogP contribution in [0.2, 0.25) is 0 Å². The van der Waals surface area contributed by atoms with Gasteiger partial charge in [0.25, 0.3) is 0 Å². The SMILES string of the molecule is [AlH3].[BiH3].[H-].[H-].[Mg+2].[Mn].[SbH3].[Zn]. The average Bonchev–Trinajstić information content (AvgIpc) is 0. The van der Waals surface area contributed by atoms with Crippen LogP contribution < -0.4 is 0 Å². The molecule has 0 saturated carbocycles. The molecule has 0 rings (SSSR count). The molecule has 0 atom stereocenters. The number of rotatable bonds is 0. The third kappa shape index (κ3) is 24.2. The third-order valence-corrected chi connectivity index (χ3v) is 0. The van der Waals surface area contributed by atoms with Crippen molar-refractivity contribution in [1.82, 2.24) is 0 Å². The van der Waals surface area contributed by atoms with Crippen LogP contribution in [-0.4, -0.2) is 91.0 Å². The first-order valence-electron chi connectivity index (χ1n) is 0. The Morgan fingerprint density at radius 3 is 1.17 bits per heavy atom. The van der Waals surface area contributed by atoms with E-state index in [1.54, 1.807) is 0 Å². The Hall–Kier alpha value is 4.14. The maximum absolute atomic E-state index is 0. The summed E-state index contributed by atoms with van der Waals surface area (Å²) in [7, 11) is 0. The topological polar surface area (TPSA) is 0 Å². The fourth-order valence-electron chi connectivity index (χ4n) is 0. The molecule has 0 aromatic rings. The molecule has 0 amide bonds. The van der Waals surface area contributed by atoms with Gasteiger partial charge in [-0.1, -0.05) is 0 Å². The summed E-state index contributed by atoms with van der Waals surface area (Å²) in [6.07, 6.45) is 0. The van der Waals surface area contributed by atoms with Crippen molar-refractivity contribution in [3.05, 3.63) is 0 Å². The van der Waals surface area contributed by atoms with E-state index in [0.29, 0.717) is 0 Å². The van der Waals surface area contributed by atoms with Gasteiger partial charge in [0.2, 0.25) is 0 Å². The van der Waals surface area contributed by atoms with Crippen molar-refractivity contribution in [2.45, 2.75) is 0 Å². The van der Waals surface area contributed by atoms with Crippen LogP contribution in [0, 0.1) is 0 Å². The van der Waals surface area contributed by atoms with Crippen LogP contribution in [0.3, 0.4) is 0 Å². The zero-order chi connectivity index (χ0) is 0. The normalized spacial score (nSPS) is 0. The van der Waals surface area contributed by atoms with E-state index in [1.807, 2.05) is 0 Å². The van der Waals surface area contributed by atoms with E-state index in [-0.39, 0.29) is 130 Å². The maximum atomic E-state index is 0. The molecule has 0 aromatic heterocycles. The van der Waals surface area contributed by atoms with Crippen molar-refractivity contribution < 1.29 is 39.4 Å². The predicted molar refractivity (Wildman–Crippen MR) is 37.8 cm³/mol. The Bertz CT molecular complexity index is 22.0. The summed E-state index contributed by atoms with van der Waals surface area (Å²) in [5.41, 5.74) is 0. The summed E-state index contributed by atoms with van der Waals surface area (Å²) in [5.74, 6) is 0. The van der Waals surface area contributed by atoms with E-state index in [9.17, 15) is 0 Å². The molecule has 0 N–H and O–H groups in total. The van der Waals surface area contributed by atoms with Gasteiger partial charge in [-0.2, -0.15) is 0 Å². The Kier molecular flexibility index (Phi) is 291. The molecule has 0 saturated heterocycles.